The molecule has 0 aliphatic heterocycles. The Hall–Kier alpha value is -1.47. The lowest BCUT2D eigenvalue weighted by atomic mass is 9.75. The van der Waals surface area contributed by atoms with Gasteiger partial charge in [0.05, 0.1) is 11.2 Å². The summed E-state index contributed by atoms with van der Waals surface area (Å²) in [6.45, 7) is 7.57. The molecule has 2 fully saturated rings. The largest absolute Gasteiger partial charge is 0.349 e. The molecular weight excluding hydrogens is 544 g/mol. The van der Waals surface area contributed by atoms with Gasteiger partial charge in [0, 0.05) is 37.2 Å². The Kier molecular flexibility index (Phi) is 16.2. The standard InChI is InChI=1S/C37H70N6O/c1-35(25-17-15-13-11-9-7-5-4-6-8-10-12-14-16-18-26-35)27-19-20-29-43-31-33(41-42-43)23-24-34(44)40-37(3)30-32(38)22-21-28-36(37,2)39/h31-32H,4-30,38-39H2,1-3H3,(H,40,44). The lowest BCUT2D eigenvalue weighted by Gasteiger charge is -2.44. The van der Waals surface area contributed by atoms with Crippen LogP contribution in [0.3, 0.4) is 0 Å². The monoisotopic (exact) mass is 615 g/mol. The molecule has 2 aliphatic carbocycles. The molecule has 44 heavy (non-hydrogen) atoms. The van der Waals surface area contributed by atoms with Crippen molar-refractivity contribution < 1.29 is 4.79 Å². The molecule has 0 aromatic carbocycles. The molecule has 0 saturated heterocycles. The van der Waals surface area contributed by atoms with Crippen LogP contribution >= 0.6 is 0 Å². The highest BCUT2D eigenvalue weighted by atomic mass is 16.1. The minimum Gasteiger partial charge on any atom is -0.349 e. The molecule has 1 aromatic heterocycles. The van der Waals surface area contributed by atoms with E-state index >= 15 is 0 Å². The molecule has 5 N–H and O–H groups in total. The average molecular weight is 615 g/mol. The maximum Gasteiger partial charge on any atom is 0.220 e. The first-order valence-corrected chi connectivity index (χ1v) is 18.9. The van der Waals surface area contributed by atoms with Crippen molar-refractivity contribution in [2.45, 2.75) is 211 Å². The lowest BCUT2D eigenvalue weighted by molar-refractivity contribution is -0.123. The highest BCUT2D eigenvalue weighted by molar-refractivity contribution is 5.77. The molecule has 2 aliphatic rings. The third-order valence-corrected chi connectivity index (χ3v) is 11.3. The van der Waals surface area contributed by atoms with E-state index in [4.69, 9.17) is 11.5 Å². The summed E-state index contributed by atoms with van der Waals surface area (Å²) in [7, 11) is 0. The van der Waals surface area contributed by atoms with Crippen molar-refractivity contribution >= 4 is 5.91 Å². The quantitative estimate of drug-likeness (QED) is 0.191. The highest BCUT2D eigenvalue weighted by Crippen LogP contribution is 2.37. The number of aromatic nitrogens is 3. The van der Waals surface area contributed by atoms with Gasteiger partial charge in [0.1, 0.15) is 0 Å². The van der Waals surface area contributed by atoms with Crippen LogP contribution < -0.4 is 16.8 Å². The molecule has 3 rings (SSSR count). The van der Waals surface area contributed by atoms with Crippen molar-refractivity contribution in [3.63, 3.8) is 0 Å². The minimum atomic E-state index is -0.502. The van der Waals surface area contributed by atoms with Crippen molar-refractivity contribution in [1.29, 1.82) is 0 Å². The van der Waals surface area contributed by atoms with Crippen LogP contribution in [-0.4, -0.2) is 38.0 Å². The molecule has 7 nitrogen and oxygen atoms in total. The number of nitrogens with two attached hydrogens (primary N) is 2. The highest BCUT2D eigenvalue weighted by Gasteiger charge is 2.45. The Labute approximate surface area is 270 Å². The number of amides is 1. The Morgan fingerprint density at radius 1 is 0.841 bits per heavy atom. The number of nitrogens with zero attached hydrogens (tertiary/aromatic N) is 3. The molecule has 1 amide bonds. The maximum atomic E-state index is 12.9. The number of rotatable bonds is 9. The summed E-state index contributed by atoms with van der Waals surface area (Å²) in [5.74, 6) is 0.0151. The molecule has 254 valence electrons. The summed E-state index contributed by atoms with van der Waals surface area (Å²) >= 11 is 0. The number of nitrogens with one attached hydrogen (secondary N) is 1. The van der Waals surface area contributed by atoms with Gasteiger partial charge in [-0.15, -0.1) is 5.10 Å². The van der Waals surface area contributed by atoms with Gasteiger partial charge >= 0.3 is 0 Å². The van der Waals surface area contributed by atoms with Crippen LogP contribution in [-0.2, 0) is 17.8 Å². The summed E-state index contributed by atoms with van der Waals surface area (Å²) in [5.41, 5.74) is 13.4. The molecule has 7 heteroatoms. The molecule has 0 radical (unpaired) electrons. The van der Waals surface area contributed by atoms with Crippen LogP contribution in [0.25, 0.3) is 0 Å². The molecular formula is C37H70N6O. The summed E-state index contributed by atoms with van der Waals surface area (Å²) in [6, 6.07) is 0.0706. The number of aryl methyl sites for hydroxylation is 2. The number of carbonyl (C=O) groups excluding carboxylic acids is 1. The van der Waals surface area contributed by atoms with Gasteiger partial charge in [0.25, 0.3) is 0 Å². The van der Waals surface area contributed by atoms with Crippen LogP contribution in [0.2, 0.25) is 0 Å². The Morgan fingerprint density at radius 3 is 1.95 bits per heavy atom. The minimum absolute atomic E-state index is 0.0151. The van der Waals surface area contributed by atoms with E-state index in [0.717, 1.165) is 37.9 Å². The predicted molar refractivity (Wildman–Crippen MR) is 184 cm³/mol. The van der Waals surface area contributed by atoms with E-state index < -0.39 is 11.1 Å². The van der Waals surface area contributed by atoms with E-state index in [9.17, 15) is 4.79 Å². The van der Waals surface area contributed by atoms with Gasteiger partial charge < -0.3 is 16.8 Å². The Bertz CT molecular complexity index is 911. The fraction of sp³-hybridized carbons (Fsp3) is 0.919. The molecule has 1 aromatic rings. The fourth-order valence-electron chi connectivity index (χ4n) is 7.84. The van der Waals surface area contributed by atoms with Gasteiger partial charge in [0.2, 0.25) is 5.91 Å². The first-order valence-electron chi connectivity index (χ1n) is 18.9. The van der Waals surface area contributed by atoms with E-state index in [1.165, 1.54) is 122 Å². The van der Waals surface area contributed by atoms with Crippen LogP contribution in [0.4, 0.5) is 0 Å². The van der Waals surface area contributed by atoms with Gasteiger partial charge in [0.15, 0.2) is 0 Å². The van der Waals surface area contributed by atoms with Gasteiger partial charge in [-0.3, -0.25) is 9.48 Å². The third kappa shape index (κ3) is 13.5. The normalized spacial score (nSPS) is 28.8. The number of unbranched alkanes of at least 4 members (excludes halogenated alkanes) is 1. The SMILES string of the molecule is CC1(CCCCn2cc(CCC(=O)NC3(C)CC(N)CCCC3(C)N)nn2)CCCCCCCCCCCCCCCCC1. The topological polar surface area (TPSA) is 112 Å². The van der Waals surface area contributed by atoms with E-state index in [0.29, 0.717) is 24.7 Å². The number of hydrogen-bond acceptors (Lipinski definition) is 5. The van der Waals surface area contributed by atoms with Crippen molar-refractivity contribution in [2.24, 2.45) is 16.9 Å². The van der Waals surface area contributed by atoms with Crippen molar-refractivity contribution in [1.82, 2.24) is 20.3 Å². The van der Waals surface area contributed by atoms with Gasteiger partial charge in [-0.1, -0.05) is 121 Å². The van der Waals surface area contributed by atoms with Crippen LogP contribution in [0, 0.1) is 5.41 Å². The zero-order valence-electron chi connectivity index (χ0n) is 29.2. The number of hydrogen-bond donors (Lipinski definition) is 3. The first-order chi connectivity index (χ1) is 21.1. The molecule has 2 saturated carbocycles. The number of carbonyl (C=O) groups is 1. The van der Waals surface area contributed by atoms with Gasteiger partial charge in [-0.2, -0.15) is 0 Å². The molecule has 1 heterocycles. The van der Waals surface area contributed by atoms with Crippen LogP contribution in [0.5, 0.6) is 0 Å². The molecule has 0 bridgehead atoms. The summed E-state index contributed by atoms with van der Waals surface area (Å²) < 4.78 is 1.97. The van der Waals surface area contributed by atoms with Crippen LogP contribution in [0.1, 0.15) is 187 Å². The second-order valence-electron chi connectivity index (χ2n) is 15.7. The summed E-state index contributed by atoms with van der Waals surface area (Å²) in [4.78, 5) is 12.9. The molecule has 3 unspecified atom stereocenters. The summed E-state index contributed by atoms with van der Waals surface area (Å²) in [6.07, 6.45) is 34.5. The van der Waals surface area contributed by atoms with Crippen molar-refractivity contribution in [2.75, 3.05) is 0 Å². The predicted octanol–water partition coefficient (Wildman–Crippen LogP) is 8.53. The van der Waals surface area contributed by atoms with Gasteiger partial charge in [-0.05, 0) is 64.2 Å². The smallest absolute Gasteiger partial charge is 0.220 e. The van der Waals surface area contributed by atoms with E-state index in [2.05, 4.69) is 29.5 Å². The van der Waals surface area contributed by atoms with Crippen molar-refractivity contribution in [3.8, 4) is 0 Å². The second kappa shape index (κ2) is 19.3. The van der Waals surface area contributed by atoms with E-state index in [1.807, 2.05) is 17.8 Å². The van der Waals surface area contributed by atoms with Crippen LogP contribution in [0.15, 0.2) is 6.20 Å². The second-order valence-corrected chi connectivity index (χ2v) is 15.7. The summed E-state index contributed by atoms with van der Waals surface area (Å²) in [5, 5.41) is 12.0. The first kappa shape index (κ1) is 37.0. The molecule has 0 spiro atoms. The maximum absolute atomic E-state index is 12.9. The molecule has 3 atom stereocenters. The zero-order valence-corrected chi connectivity index (χ0v) is 29.2. The Morgan fingerprint density at radius 2 is 1.39 bits per heavy atom. The fourth-order valence-corrected chi connectivity index (χ4v) is 7.84. The van der Waals surface area contributed by atoms with Gasteiger partial charge in [-0.25, -0.2) is 0 Å². The zero-order chi connectivity index (χ0) is 31.7. The van der Waals surface area contributed by atoms with E-state index in [1.54, 1.807) is 0 Å². The lowest BCUT2D eigenvalue weighted by Crippen LogP contribution is -2.66. The van der Waals surface area contributed by atoms with E-state index in [-0.39, 0.29) is 11.9 Å². The Balaban J connectivity index is 1.39. The third-order valence-electron chi connectivity index (χ3n) is 11.3. The average Bonchev–Trinajstić information content (AvgIpc) is 3.39. The van der Waals surface area contributed by atoms with Crippen molar-refractivity contribution in [3.05, 3.63) is 11.9 Å².